The van der Waals surface area contributed by atoms with Crippen LogP contribution in [0.3, 0.4) is 0 Å². The largest absolute Gasteiger partial charge is 0.345 e. The van der Waals surface area contributed by atoms with E-state index in [1.165, 1.54) is 34.1 Å². The van der Waals surface area contributed by atoms with Crippen molar-refractivity contribution in [2.45, 2.75) is 31.7 Å². The molecule has 0 aliphatic heterocycles. The summed E-state index contributed by atoms with van der Waals surface area (Å²) >= 11 is 3.62. The van der Waals surface area contributed by atoms with Crippen LogP contribution in [-0.4, -0.2) is 22.6 Å². The molecule has 0 radical (unpaired) electrons. The van der Waals surface area contributed by atoms with Gasteiger partial charge in [-0.3, -0.25) is 0 Å². The Morgan fingerprint density at radius 2 is 2.26 bits per heavy atom. The van der Waals surface area contributed by atoms with E-state index in [0.717, 1.165) is 36.9 Å². The Morgan fingerprint density at radius 1 is 1.37 bits per heavy atom. The van der Waals surface area contributed by atoms with E-state index >= 15 is 0 Å². The van der Waals surface area contributed by atoms with Crippen molar-refractivity contribution in [3.05, 3.63) is 39.8 Å². The van der Waals surface area contributed by atoms with Gasteiger partial charge in [-0.25, -0.2) is 4.98 Å². The average Bonchev–Trinajstić information content (AvgIpc) is 3.02. The van der Waals surface area contributed by atoms with Gasteiger partial charge in [0.25, 0.3) is 0 Å². The van der Waals surface area contributed by atoms with Gasteiger partial charge in [0.2, 0.25) is 0 Å². The molecule has 1 heterocycles. The SMILES string of the molecule is Brc1cccc2c1Cc1[nH]c(CCNC3CC3)nc1-2. The van der Waals surface area contributed by atoms with Gasteiger partial charge >= 0.3 is 0 Å². The zero-order valence-corrected chi connectivity index (χ0v) is 12.3. The first-order valence-corrected chi connectivity index (χ1v) is 7.69. The standard InChI is InChI=1S/C15H16BrN3/c16-12-3-1-2-10-11(12)8-13-15(10)19-14(18-13)6-7-17-9-4-5-9/h1-3,9,17H,4-8H2,(H,18,19). The number of nitrogens with one attached hydrogen (secondary N) is 2. The first-order valence-electron chi connectivity index (χ1n) is 6.90. The Labute approximate surface area is 121 Å². The highest BCUT2D eigenvalue weighted by Crippen LogP contribution is 2.38. The van der Waals surface area contributed by atoms with E-state index in [2.05, 4.69) is 44.4 Å². The molecule has 0 bridgehead atoms. The van der Waals surface area contributed by atoms with E-state index in [-0.39, 0.29) is 0 Å². The van der Waals surface area contributed by atoms with Crippen molar-refractivity contribution in [1.82, 2.24) is 15.3 Å². The molecule has 1 aromatic carbocycles. The van der Waals surface area contributed by atoms with Crippen LogP contribution in [0.25, 0.3) is 11.3 Å². The quantitative estimate of drug-likeness (QED) is 0.776. The van der Waals surface area contributed by atoms with Crippen molar-refractivity contribution in [1.29, 1.82) is 0 Å². The van der Waals surface area contributed by atoms with Crippen LogP contribution in [0.4, 0.5) is 0 Å². The molecule has 19 heavy (non-hydrogen) atoms. The van der Waals surface area contributed by atoms with Crippen molar-refractivity contribution >= 4 is 15.9 Å². The first-order chi connectivity index (χ1) is 9.31. The number of hydrogen-bond acceptors (Lipinski definition) is 2. The molecule has 2 aromatic rings. The second-order valence-corrected chi connectivity index (χ2v) is 6.29. The number of hydrogen-bond donors (Lipinski definition) is 2. The average molecular weight is 318 g/mol. The van der Waals surface area contributed by atoms with Gasteiger partial charge in [-0.05, 0) is 24.5 Å². The van der Waals surface area contributed by atoms with Crippen LogP contribution in [0.5, 0.6) is 0 Å². The van der Waals surface area contributed by atoms with Crippen LogP contribution in [0, 0.1) is 0 Å². The van der Waals surface area contributed by atoms with E-state index in [4.69, 9.17) is 4.98 Å². The second kappa shape index (κ2) is 4.46. The number of nitrogens with zero attached hydrogens (tertiary/aromatic N) is 1. The molecule has 2 aliphatic carbocycles. The summed E-state index contributed by atoms with van der Waals surface area (Å²) in [5, 5.41) is 3.53. The van der Waals surface area contributed by atoms with E-state index in [1.54, 1.807) is 0 Å². The Kier molecular flexibility index (Phi) is 2.74. The maximum absolute atomic E-state index is 4.77. The fraction of sp³-hybridized carbons (Fsp3) is 0.400. The molecule has 2 aliphatic rings. The Morgan fingerprint density at radius 3 is 3.11 bits per heavy atom. The minimum atomic E-state index is 0.776. The van der Waals surface area contributed by atoms with Gasteiger partial charge in [0, 0.05) is 41.2 Å². The zero-order chi connectivity index (χ0) is 12.8. The van der Waals surface area contributed by atoms with E-state index in [0.29, 0.717) is 0 Å². The maximum Gasteiger partial charge on any atom is 0.108 e. The van der Waals surface area contributed by atoms with Crippen LogP contribution in [0.15, 0.2) is 22.7 Å². The lowest BCUT2D eigenvalue weighted by molar-refractivity contribution is 0.669. The molecule has 0 spiro atoms. The van der Waals surface area contributed by atoms with Gasteiger partial charge in [0.15, 0.2) is 0 Å². The summed E-state index contributed by atoms with van der Waals surface area (Å²) in [6.07, 6.45) is 4.65. The summed E-state index contributed by atoms with van der Waals surface area (Å²) < 4.78 is 1.19. The van der Waals surface area contributed by atoms with Gasteiger partial charge in [0.05, 0.1) is 5.69 Å². The minimum absolute atomic E-state index is 0.776. The fourth-order valence-corrected chi connectivity index (χ4v) is 3.26. The van der Waals surface area contributed by atoms with Crippen molar-refractivity contribution in [3.8, 4) is 11.3 Å². The third-order valence-corrected chi connectivity index (χ3v) is 4.67. The third-order valence-electron chi connectivity index (χ3n) is 3.93. The first kappa shape index (κ1) is 11.7. The van der Waals surface area contributed by atoms with Gasteiger partial charge in [0.1, 0.15) is 5.82 Å². The van der Waals surface area contributed by atoms with Crippen molar-refractivity contribution in [2.75, 3.05) is 6.54 Å². The molecule has 3 nitrogen and oxygen atoms in total. The molecule has 0 amide bonds. The topological polar surface area (TPSA) is 40.7 Å². The van der Waals surface area contributed by atoms with Gasteiger partial charge in [-0.15, -0.1) is 0 Å². The molecule has 0 unspecified atom stereocenters. The summed E-state index contributed by atoms with van der Waals surface area (Å²) in [7, 11) is 0. The van der Waals surface area contributed by atoms with Crippen LogP contribution in [0.1, 0.15) is 29.9 Å². The predicted octanol–water partition coefficient (Wildman–Crippen LogP) is 3.04. The zero-order valence-electron chi connectivity index (χ0n) is 10.7. The molecule has 0 saturated heterocycles. The number of benzene rings is 1. The monoisotopic (exact) mass is 317 g/mol. The lowest BCUT2D eigenvalue weighted by Crippen LogP contribution is -2.19. The number of halogens is 1. The number of imidazole rings is 1. The Bertz CT molecular complexity index is 628. The Balaban J connectivity index is 1.55. The smallest absolute Gasteiger partial charge is 0.108 e. The van der Waals surface area contributed by atoms with Crippen LogP contribution in [-0.2, 0) is 12.8 Å². The number of H-pyrrole nitrogens is 1. The van der Waals surface area contributed by atoms with Crippen molar-refractivity contribution < 1.29 is 0 Å². The van der Waals surface area contributed by atoms with Gasteiger partial charge < -0.3 is 10.3 Å². The number of aromatic amines is 1. The highest BCUT2D eigenvalue weighted by Gasteiger charge is 2.24. The van der Waals surface area contributed by atoms with E-state index < -0.39 is 0 Å². The van der Waals surface area contributed by atoms with Gasteiger partial charge in [-0.1, -0.05) is 28.1 Å². The molecule has 1 saturated carbocycles. The summed E-state index contributed by atoms with van der Waals surface area (Å²) in [4.78, 5) is 8.26. The van der Waals surface area contributed by atoms with Crippen molar-refractivity contribution in [3.63, 3.8) is 0 Å². The molecular formula is C15H16BrN3. The Hall–Kier alpha value is -1.13. The van der Waals surface area contributed by atoms with Gasteiger partial charge in [-0.2, -0.15) is 0 Å². The molecule has 4 rings (SSSR count). The normalized spacial score (nSPS) is 16.5. The number of fused-ring (bicyclic) bond motifs is 3. The highest BCUT2D eigenvalue weighted by molar-refractivity contribution is 9.10. The minimum Gasteiger partial charge on any atom is -0.345 e. The lowest BCUT2D eigenvalue weighted by atomic mass is 10.1. The molecule has 1 aromatic heterocycles. The fourth-order valence-electron chi connectivity index (χ4n) is 2.75. The molecule has 98 valence electrons. The number of rotatable bonds is 4. The van der Waals surface area contributed by atoms with E-state index in [9.17, 15) is 0 Å². The predicted molar refractivity (Wildman–Crippen MR) is 79.3 cm³/mol. The van der Waals surface area contributed by atoms with Crippen LogP contribution < -0.4 is 5.32 Å². The van der Waals surface area contributed by atoms with Crippen molar-refractivity contribution in [2.24, 2.45) is 0 Å². The summed E-state index contributed by atoms with van der Waals surface area (Å²) in [5.74, 6) is 1.11. The molecular weight excluding hydrogens is 302 g/mol. The molecule has 0 atom stereocenters. The second-order valence-electron chi connectivity index (χ2n) is 5.43. The van der Waals surface area contributed by atoms with Crippen LogP contribution >= 0.6 is 15.9 Å². The highest BCUT2D eigenvalue weighted by atomic mass is 79.9. The summed E-state index contributed by atoms with van der Waals surface area (Å²) in [5.41, 5.74) is 5.06. The summed E-state index contributed by atoms with van der Waals surface area (Å²) in [6, 6.07) is 7.13. The maximum atomic E-state index is 4.77. The van der Waals surface area contributed by atoms with Crippen LogP contribution in [0.2, 0.25) is 0 Å². The molecule has 4 heteroatoms. The summed E-state index contributed by atoms with van der Waals surface area (Å²) in [6.45, 7) is 1.03. The number of aromatic nitrogens is 2. The third kappa shape index (κ3) is 2.13. The molecule has 1 fully saturated rings. The lowest BCUT2D eigenvalue weighted by Gasteiger charge is -2.03. The van der Waals surface area contributed by atoms with E-state index in [1.807, 2.05) is 0 Å². The molecule has 2 N–H and O–H groups in total.